The number of aromatic nitrogens is 1. The van der Waals surface area contributed by atoms with Gasteiger partial charge in [-0.05, 0) is 36.8 Å². The fourth-order valence-electron chi connectivity index (χ4n) is 3.18. The van der Waals surface area contributed by atoms with E-state index in [-0.39, 0.29) is 29.4 Å². The number of hydrogen-bond donors (Lipinski definition) is 1. The molecule has 30 heavy (non-hydrogen) atoms. The molecule has 1 aromatic heterocycles. The fourth-order valence-corrected chi connectivity index (χ4v) is 3.90. The molecule has 1 N–H and O–H groups in total. The molecular formula is C23H19N3O3S. The SMILES string of the molecule is Cc1nc(-c2ccccc2)ccc1C(=O)Nc1ccc(CN2C(=O)CSC2=O)cc1. The van der Waals surface area contributed by atoms with Gasteiger partial charge in [-0.1, -0.05) is 54.2 Å². The van der Waals surface area contributed by atoms with Gasteiger partial charge < -0.3 is 5.32 Å². The van der Waals surface area contributed by atoms with Crippen LogP contribution in [0.1, 0.15) is 21.6 Å². The number of nitrogens with one attached hydrogen (secondary N) is 1. The molecular weight excluding hydrogens is 398 g/mol. The topological polar surface area (TPSA) is 79.4 Å². The van der Waals surface area contributed by atoms with Gasteiger partial charge in [-0.25, -0.2) is 0 Å². The summed E-state index contributed by atoms with van der Waals surface area (Å²) in [6.45, 7) is 2.05. The molecule has 0 spiro atoms. The maximum absolute atomic E-state index is 12.7. The molecule has 2 aromatic carbocycles. The Balaban J connectivity index is 1.43. The highest BCUT2D eigenvalue weighted by Crippen LogP contribution is 2.23. The van der Waals surface area contributed by atoms with Crippen molar-refractivity contribution in [3.8, 4) is 11.3 Å². The Morgan fingerprint density at radius 3 is 2.40 bits per heavy atom. The van der Waals surface area contributed by atoms with Crippen LogP contribution >= 0.6 is 11.8 Å². The molecule has 0 unspecified atom stereocenters. The second-order valence-electron chi connectivity index (χ2n) is 6.88. The summed E-state index contributed by atoms with van der Waals surface area (Å²) in [4.78, 5) is 41.9. The number of pyridine rings is 1. The van der Waals surface area contributed by atoms with Crippen LogP contribution in [-0.4, -0.2) is 32.7 Å². The minimum absolute atomic E-state index is 0.177. The quantitative estimate of drug-likeness (QED) is 0.661. The van der Waals surface area contributed by atoms with Crippen LogP contribution in [0.15, 0.2) is 66.7 Å². The van der Waals surface area contributed by atoms with Crippen molar-refractivity contribution in [1.82, 2.24) is 9.88 Å². The highest BCUT2D eigenvalue weighted by Gasteiger charge is 2.29. The summed E-state index contributed by atoms with van der Waals surface area (Å²) in [5.74, 6) is -0.221. The van der Waals surface area contributed by atoms with E-state index in [1.807, 2.05) is 43.3 Å². The Labute approximate surface area is 178 Å². The Morgan fingerprint density at radius 1 is 1.03 bits per heavy atom. The van der Waals surface area contributed by atoms with Gasteiger partial charge in [0, 0.05) is 11.3 Å². The number of carbonyl (C=O) groups excluding carboxylic acids is 3. The number of aryl methyl sites for hydroxylation is 1. The summed E-state index contributed by atoms with van der Waals surface area (Å²) in [5.41, 5.74) is 4.42. The van der Waals surface area contributed by atoms with E-state index in [0.29, 0.717) is 16.9 Å². The van der Waals surface area contributed by atoms with Crippen LogP contribution in [-0.2, 0) is 11.3 Å². The third-order valence-electron chi connectivity index (χ3n) is 4.79. The standard InChI is InChI=1S/C23H19N3O3S/c1-15-19(11-12-20(24-15)17-5-3-2-4-6-17)22(28)25-18-9-7-16(8-10-18)13-26-21(27)14-30-23(26)29/h2-12H,13-14H2,1H3,(H,25,28). The fraction of sp³-hybridized carbons (Fsp3) is 0.130. The molecule has 0 radical (unpaired) electrons. The Bertz CT molecular complexity index is 1100. The molecule has 0 aliphatic carbocycles. The van der Waals surface area contributed by atoms with Crippen LogP contribution in [0.4, 0.5) is 10.5 Å². The lowest BCUT2D eigenvalue weighted by atomic mass is 10.1. The van der Waals surface area contributed by atoms with Gasteiger partial charge in [-0.2, -0.15) is 0 Å². The second kappa shape index (κ2) is 8.51. The number of amides is 3. The van der Waals surface area contributed by atoms with E-state index < -0.39 is 0 Å². The first kappa shape index (κ1) is 19.8. The predicted octanol–water partition coefficient (Wildman–Crippen LogP) is 4.50. The van der Waals surface area contributed by atoms with Crippen LogP contribution in [0.5, 0.6) is 0 Å². The van der Waals surface area contributed by atoms with Crippen molar-refractivity contribution in [2.45, 2.75) is 13.5 Å². The summed E-state index contributed by atoms with van der Waals surface area (Å²) in [6.07, 6.45) is 0. The van der Waals surface area contributed by atoms with E-state index in [2.05, 4.69) is 10.3 Å². The Hall–Kier alpha value is -3.45. The van der Waals surface area contributed by atoms with Gasteiger partial charge in [-0.15, -0.1) is 0 Å². The minimum Gasteiger partial charge on any atom is -0.322 e. The van der Waals surface area contributed by atoms with Crippen molar-refractivity contribution in [3.05, 3.63) is 83.6 Å². The highest BCUT2D eigenvalue weighted by molar-refractivity contribution is 8.14. The van der Waals surface area contributed by atoms with Crippen LogP contribution in [0.25, 0.3) is 11.3 Å². The lowest BCUT2D eigenvalue weighted by Gasteiger charge is -2.13. The average Bonchev–Trinajstić information content (AvgIpc) is 3.07. The zero-order chi connectivity index (χ0) is 21.1. The van der Waals surface area contributed by atoms with Crippen LogP contribution in [0.3, 0.4) is 0 Å². The molecule has 3 amide bonds. The van der Waals surface area contributed by atoms with Gasteiger partial charge in [0.05, 0.1) is 29.2 Å². The zero-order valence-corrected chi connectivity index (χ0v) is 17.1. The number of imide groups is 1. The molecule has 150 valence electrons. The van der Waals surface area contributed by atoms with Gasteiger partial charge in [0.1, 0.15) is 0 Å². The maximum atomic E-state index is 12.7. The van der Waals surface area contributed by atoms with Crippen molar-refractivity contribution in [2.24, 2.45) is 0 Å². The lowest BCUT2D eigenvalue weighted by molar-refractivity contribution is -0.125. The summed E-state index contributed by atoms with van der Waals surface area (Å²) < 4.78 is 0. The van der Waals surface area contributed by atoms with Crippen LogP contribution in [0, 0.1) is 6.92 Å². The Kier molecular flexibility index (Phi) is 5.63. The number of carbonyl (C=O) groups is 3. The molecule has 0 bridgehead atoms. The summed E-state index contributed by atoms with van der Waals surface area (Å²) in [5, 5.41) is 2.64. The van der Waals surface area contributed by atoms with E-state index in [4.69, 9.17) is 0 Å². The molecule has 0 atom stereocenters. The molecule has 1 saturated heterocycles. The molecule has 1 aliphatic heterocycles. The summed E-state index contributed by atoms with van der Waals surface area (Å²) in [6, 6.07) is 20.5. The molecule has 3 aromatic rings. The molecule has 1 fully saturated rings. The van der Waals surface area contributed by atoms with Gasteiger partial charge >= 0.3 is 0 Å². The molecule has 6 nitrogen and oxygen atoms in total. The smallest absolute Gasteiger partial charge is 0.289 e. The number of thioether (sulfide) groups is 1. The van der Waals surface area contributed by atoms with Crippen LogP contribution < -0.4 is 5.32 Å². The van der Waals surface area contributed by atoms with E-state index in [1.165, 1.54) is 4.90 Å². The number of anilines is 1. The molecule has 1 aliphatic rings. The van der Waals surface area contributed by atoms with E-state index in [0.717, 1.165) is 28.6 Å². The third kappa shape index (κ3) is 4.26. The number of rotatable bonds is 5. The first-order valence-electron chi connectivity index (χ1n) is 9.42. The number of nitrogens with zero attached hydrogens (tertiary/aromatic N) is 2. The monoisotopic (exact) mass is 417 g/mol. The Morgan fingerprint density at radius 2 is 1.77 bits per heavy atom. The number of benzene rings is 2. The van der Waals surface area contributed by atoms with Gasteiger partial charge in [0.15, 0.2) is 0 Å². The maximum Gasteiger partial charge on any atom is 0.289 e. The van der Waals surface area contributed by atoms with Crippen molar-refractivity contribution in [2.75, 3.05) is 11.1 Å². The van der Waals surface area contributed by atoms with E-state index in [1.54, 1.807) is 30.3 Å². The van der Waals surface area contributed by atoms with Crippen molar-refractivity contribution < 1.29 is 14.4 Å². The van der Waals surface area contributed by atoms with Crippen LogP contribution in [0.2, 0.25) is 0 Å². The summed E-state index contributed by atoms with van der Waals surface area (Å²) >= 11 is 1.02. The highest BCUT2D eigenvalue weighted by atomic mass is 32.2. The van der Waals surface area contributed by atoms with Gasteiger partial charge in [-0.3, -0.25) is 24.3 Å². The van der Waals surface area contributed by atoms with Gasteiger partial charge in [0.25, 0.3) is 11.1 Å². The summed E-state index contributed by atoms with van der Waals surface area (Å²) in [7, 11) is 0. The predicted molar refractivity (Wildman–Crippen MR) is 117 cm³/mol. The van der Waals surface area contributed by atoms with Crippen molar-refractivity contribution >= 4 is 34.5 Å². The third-order valence-corrected chi connectivity index (χ3v) is 5.65. The molecule has 2 heterocycles. The molecule has 7 heteroatoms. The molecule has 0 saturated carbocycles. The van der Waals surface area contributed by atoms with Gasteiger partial charge in [0.2, 0.25) is 5.91 Å². The first-order valence-corrected chi connectivity index (χ1v) is 10.4. The first-order chi connectivity index (χ1) is 14.5. The largest absolute Gasteiger partial charge is 0.322 e. The average molecular weight is 417 g/mol. The minimum atomic E-state index is -0.242. The second-order valence-corrected chi connectivity index (χ2v) is 7.81. The normalized spacial score (nSPS) is 13.6. The van der Waals surface area contributed by atoms with Crippen molar-refractivity contribution in [3.63, 3.8) is 0 Å². The zero-order valence-electron chi connectivity index (χ0n) is 16.3. The number of hydrogen-bond acceptors (Lipinski definition) is 5. The lowest BCUT2D eigenvalue weighted by Crippen LogP contribution is -2.27. The van der Waals surface area contributed by atoms with Crippen molar-refractivity contribution in [1.29, 1.82) is 0 Å². The van der Waals surface area contributed by atoms with E-state index >= 15 is 0 Å². The van der Waals surface area contributed by atoms with E-state index in [9.17, 15) is 14.4 Å². The molecule has 4 rings (SSSR count).